The molecule has 1 aliphatic rings. The number of nitriles is 1. The Morgan fingerprint density at radius 1 is 1.17 bits per heavy atom. The fraction of sp³-hybridized carbons (Fsp3) is 0.261. The molecule has 146 valence electrons. The molecule has 0 radical (unpaired) electrons. The summed E-state index contributed by atoms with van der Waals surface area (Å²) in [4.78, 5) is 19.1. The van der Waals surface area contributed by atoms with Gasteiger partial charge in [-0.3, -0.25) is 9.78 Å². The van der Waals surface area contributed by atoms with Crippen LogP contribution < -0.4 is 10.2 Å². The van der Waals surface area contributed by atoms with Crippen LogP contribution in [0.1, 0.15) is 24.0 Å². The third-order valence-electron chi connectivity index (χ3n) is 5.43. The molecular formula is C23H21FN4O. The SMILES string of the molecule is N#Cc1cnc2ccccc2c1N1CCC(C(=O)NCc2ccc(F)cc2)CC1. The number of carbonyl (C=O) groups is 1. The summed E-state index contributed by atoms with van der Waals surface area (Å²) in [6, 6.07) is 16.2. The van der Waals surface area contributed by atoms with E-state index >= 15 is 0 Å². The van der Waals surface area contributed by atoms with E-state index in [9.17, 15) is 14.4 Å². The topological polar surface area (TPSA) is 69.0 Å². The summed E-state index contributed by atoms with van der Waals surface area (Å²) in [6.07, 6.45) is 3.06. The minimum atomic E-state index is -0.284. The molecule has 1 N–H and O–H groups in total. The van der Waals surface area contributed by atoms with Gasteiger partial charge < -0.3 is 10.2 Å². The van der Waals surface area contributed by atoms with Gasteiger partial charge in [0.2, 0.25) is 5.91 Å². The van der Waals surface area contributed by atoms with E-state index < -0.39 is 0 Å². The van der Waals surface area contributed by atoms with Crippen molar-refractivity contribution in [3.05, 3.63) is 71.7 Å². The number of nitrogens with one attached hydrogen (secondary N) is 1. The van der Waals surface area contributed by atoms with Gasteiger partial charge >= 0.3 is 0 Å². The molecule has 29 heavy (non-hydrogen) atoms. The largest absolute Gasteiger partial charge is 0.370 e. The van der Waals surface area contributed by atoms with Crippen LogP contribution in [0.15, 0.2) is 54.7 Å². The van der Waals surface area contributed by atoms with Crippen molar-refractivity contribution < 1.29 is 9.18 Å². The molecule has 5 nitrogen and oxygen atoms in total. The molecule has 0 unspecified atom stereocenters. The number of anilines is 1. The van der Waals surface area contributed by atoms with Crippen LogP contribution in [0.3, 0.4) is 0 Å². The Bertz CT molecular complexity index is 1070. The first kappa shape index (κ1) is 18.9. The highest BCUT2D eigenvalue weighted by atomic mass is 19.1. The summed E-state index contributed by atoms with van der Waals surface area (Å²) in [7, 11) is 0. The van der Waals surface area contributed by atoms with Crippen LogP contribution in [0.4, 0.5) is 10.1 Å². The molecule has 6 heteroatoms. The lowest BCUT2D eigenvalue weighted by atomic mass is 9.94. The molecule has 0 bridgehead atoms. The van der Waals surface area contributed by atoms with E-state index in [1.165, 1.54) is 12.1 Å². The molecule has 3 aromatic rings. The molecule has 0 spiro atoms. The summed E-state index contributed by atoms with van der Waals surface area (Å²) in [5, 5.41) is 13.5. The Morgan fingerprint density at radius 2 is 1.90 bits per heavy atom. The van der Waals surface area contributed by atoms with E-state index in [1.54, 1.807) is 18.3 Å². The van der Waals surface area contributed by atoms with E-state index in [4.69, 9.17) is 0 Å². The number of nitrogens with zero attached hydrogens (tertiary/aromatic N) is 3. The van der Waals surface area contributed by atoms with Gasteiger partial charge in [-0.15, -0.1) is 0 Å². The minimum absolute atomic E-state index is 0.0223. The van der Waals surface area contributed by atoms with Gasteiger partial charge in [0.15, 0.2) is 0 Å². The first-order valence-corrected chi connectivity index (χ1v) is 9.70. The molecule has 0 atom stereocenters. The highest BCUT2D eigenvalue weighted by Crippen LogP contribution is 2.32. The smallest absolute Gasteiger partial charge is 0.223 e. The zero-order chi connectivity index (χ0) is 20.2. The maximum atomic E-state index is 13.0. The van der Waals surface area contributed by atoms with Crippen LogP contribution in [0.25, 0.3) is 10.9 Å². The average molecular weight is 388 g/mol. The molecule has 4 rings (SSSR count). The molecule has 0 aliphatic carbocycles. The van der Waals surface area contributed by atoms with Crippen molar-refractivity contribution >= 4 is 22.5 Å². The van der Waals surface area contributed by atoms with Crippen LogP contribution in [-0.4, -0.2) is 24.0 Å². The number of benzene rings is 2. The zero-order valence-corrected chi connectivity index (χ0v) is 15.9. The monoisotopic (exact) mass is 388 g/mol. The first-order valence-electron chi connectivity index (χ1n) is 9.70. The van der Waals surface area contributed by atoms with E-state index in [0.717, 1.165) is 35.0 Å². The van der Waals surface area contributed by atoms with Gasteiger partial charge in [0.05, 0.1) is 16.8 Å². The van der Waals surface area contributed by atoms with Gasteiger partial charge in [-0.05, 0) is 36.6 Å². The van der Waals surface area contributed by atoms with Crippen LogP contribution in [-0.2, 0) is 11.3 Å². The molecule has 1 amide bonds. The Balaban J connectivity index is 1.42. The summed E-state index contributed by atoms with van der Waals surface area (Å²) in [5.74, 6) is -0.327. The van der Waals surface area contributed by atoms with Crippen LogP contribution >= 0.6 is 0 Å². The Hall–Kier alpha value is -3.46. The number of hydrogen-bond acceptors (Lipinski definition) is 4. The number of fused-ring (bicyclic) bond motifs is 1. The first-order chi connectivity index (χ1) is 14.2. The number of halogens is 1. The second kappa shape index (κ2) is 8.27. The lowest BCUT2D eigenvalue weighted by Gasteiger charge is -2.34. The molecule has 1 aromatic heterocycles. The number of amides is 1. The Labute approximate surface area is 168 Å². The van der Waals surface area contributed by atoms with Crippen LogP contribution in [0.5, 0.6) is 0 Å². The Morgan fingerprint density at radius 3 is 2.62 bits per heavy atom. The van der Waals surface area contributed by atoms with Crippen LogP contribution in [0.2, 0.25) is 0 Å². The van der Waals surface area contributed by atoms with E-state index in [0.29, 0.717) is 25.2 Å². The van der Waals surface area contributed by atoms with Crippen molar-refractivity contribution in [3.8, 4) is 6.07 Å². The summed E-state index contributed by atoms with van der Waals surface area (Å²) in [6.45, 7) is 1.81. The molecule has 0 saturated carbocycles. The van der Waals surface area contributed by atoms with Crippen LogP contribution in [0, 0.1) is 23.1 Å². The number of aromatic nitrogens is 1. The van der Waals surface area contributed by atoms with Gasteiger partial charge in [0.1, 0.15) is 11.9 Å². The number of para-hydroxylation sites is 1. The second-order valence-electron chi connectivity index (χ2n) is 7.26. The van der Waals surface area contributed by atoms with Crippen molar-refractivity contribution in [1.29, 1.82) is 5.26 Å². The number of carbonyl (C=O) groups excluding carboxylic acids is 1. The lowest BCUT2D eigenvalue weighted by Crippen LogP contribution is -2.40. The minimum Gasteiger partial charge on any atom is -0.370 e. The van der Waals surface area contributed by atoms with Crippen molar-refractivity contribution in [2.75, 3.05) is 18.0 Å². The quantitative estimate of drug-likeness (QED) is 0.739. The van der Waals surface area contributed by atoms with Gasteiger partial charge in [0, 0.05) is 37.1 Å². The predicted molar refractivity (Wildman–Crippen MR) is 110 cm³/mol. The Kier molecular flexibility index (Phi) is 5.39. The number of pyridine rings is 1. The van der Waals surface area contributed by atoms with Crippen molar-refractivity contribution in [3.63, 3.8) is 0 Å². The molecule has 1 saturated heterocycles. The third-order valence-corrected chi connectivity index (χ3v) is 5.43. The van der Waals surface area contributed by atoms with Crippen molar-refractivity contribution in [1.82, 2.24) is 10.3 Å². The highest BCUT2D eigenvalue weighted by Gasteiger charge is 2.27. The summed E-state index contributed by atoms with van der Waals surface area (Å²) >= 11 is 0. The number of rotatable bonds is 4. The van der Waals surface area contributed by atoms with E-state index in [-0.39, 0.29) is 17.6 Å². The third kappa shape index (κ3) is 4.04. The maximum absolute atomic E-state index is 13.0. The average Bonchev–Trinajstić information content (AvgIpc) is 2.78. The van der Waals surface area contributed by atoms with Gasteiger partial charge in [-0.2, -0.15) is 5.26 Å². The lowest BCUT2D eigenvalue weighted by molar-refractivity contribution is -0.125. The fourth-order valence-electron chi connectivity index (χ4n) is 3.85. The molecule has 1 aliphatic heterocycles. The highest BCUT2D eigenvalue weighted by molar-refractivity contribution is 5.94. The molecule has 2 heterocycles. The van der Waals surface area contributed by atoms with E-state index in [2.05, 4.69) is 21.3 Å². The molecule has 2 aromatic carbocycles. The maximum Gasteiger partial charge on any atom is 0.223 e. The van der Waals surface area contributed by atoms with Crippen molar-refractivity contribution in [2.24, 2.45) is 5.92 Å². The summed E-state index contributed by atoms with van der Waals surface area (Å²) in [5.41, 5.74) is 3.20. The van der Waals surface area contributed by atoms with E-state index in [1.807, 2.05) is 24.3 Å². The standard InChI is InChI=1S/C23H21FN4O/c24-19-7-5-16(6-8-19)14-27-23(29)17-9-11-28(12-10-17)22-18(13-25)15-26-21-4-2-1-3-20(21)22/h1-8,15,17H,9-12,14H2,(H,27,29). The normalized spacial score (nSPS) is 14.6. The number of piperidine rings is 1. The fourth-order valence-corrected chi connectivity index (χ4v) is 3.85. The van der Waals surface area contributed by atoms with Crippen molar-refractivity contribution in [2.45, 2.75) is 19.4 Å². The predicted octanol–water partition coefficient (Wildman–Crippen LogP) is 3.78. The molecule has 1 fully saturated rings. The van der Waals surface area contributed by atoms with Gasteiger partial charge in [-0.25, -0.2) is 4.39 Å². The molecular weight excluding hydrogens is 367 g/mol. The van der Waals surface area contributed by atoms with Gasteiger partial charge in [-0.1, -0.05) is 30.3 Å². The zero-order valence-electron chi connectivity index (χ0n) is 15.9. The second-order valence-corrected chi connectivity index (χ2v) is 7.26. The summed E-state index contributed by atoms with van der Waals surface area (Å²) < 4.78 is 13.0. The van der Waals surface area contributed by atoms with Gasteiger partial charge in [0.25, 0.3) is 0 Å². The number of hydrogen-bond donors (Lipinski definition) is 1.